The van der Waals surface area contributed by atoms with Crippen LogP contribution in [-0.2, 0) is 11.3 Å². The highest BCUT2D eigenvalue weighted by Gasteiger charge is 2.15. The summed E-state index contributed by atoms with van der Waals surface area (Å²) in [5.74, 6) is 1.02. The monoisotopic (exact) mass is 223 g/mol. The maximum absolute atomic E-state index is 5.02. The SMILES string of the molecule is COCCCn1ccc(NC2CCCC2)n1. The number of nitrogens with zero attached hydrogens (tertiary/aromatic N) is 2. The first-order valence-electron chi connectivity index (χ1n) is 6.17. The summed E-state index contributed by atoms with van der Waals surface area (Å²) >= 11 is 0. The Morgan fingerprint density at radius 2 is 2.31 bits per heavy atom. The van der Waals surface area contributed by atoms with Gasteiger partial charge in [0.25, 0.3) is 0 Å². The lowest BCUT2D eigenvalue weighted by Gasteiger charge is -2.10. The van der Waals surface area contributed by atoms with E-state index in [1.54, 1.807) is 7.11 Å². The summed E-state index contributed by atoms with van der Waals surface area (Å²) in [5, 5.41) is 7.98. The average Bonchev–Trinajstić information content (AvgIpc) is 2.91. The van der Waals surface area contributed by atoms with Crippen molar-refractivity contribution < 1.29 is 4.74 Å². The summed E-state index contributed by atoms with van der Waals surface area (Å²) in [6, 6.07) is 2.70. The Morgan fingerprint density at radius 1 is 1.50 bits per heavy atom. The van der Waals surface area contributed by atoms with E-state index < -0.39 is 0 Å². The lowest BCUT2D eigenvalue weighted by molar-refractivity contribution is 0.189. The average molecular weight is 223 g/mol. The van der Waals surface area contributed by atoms with E-state index in [4.69, 9.17) is 4.74 Å². The van der Waals surface area contributed by atoms with E-state index in [0.717, 1.165) is 25.4 Å². The molecule has 0 saturated heterocycles. The van der Waals surface area contributed by atoms with Gasteiger partial charge >= 0.3 is 0 Å². The van der Waals surface area contributed by atoms with Crippen LogP contribution in [0.25, 0.3) is 0 Å². The van der Waals surface area contributed by atoms with Crippen molar-refractivity contribution in [2.24, 2.45) is 0 Å². The van der Waals surface area contributed by atoms with E-state index in [2.05, 4.69) is 16.5 Å². The van der Waals surface area contributed by atoms with Gasteiger partial charge in [-0.25, -0.2) is 0 Å². The third-order valence-corrected chi connectivity index (χ3v) is 3.08. The number of hydrogen-bond donors (Lipinski definition) is 1. The number of aromatic nitrogens is 2. The zero-order valence-corrected chi connectivity index (χ0v) is 9.98. The molecule has 0 aliphatic heterocycles. The predicted octanol–water partition coefficient (Wildman–Crippen LogP) is 2.27. The fourth-order valence-corrected chi connectivity index (χ4v) is 2.21. The number of methoxy groups -OCH3 is 1. The van der Waals surface area contributed by atoms with Crippen molar-refractivity contribution in [3.63, 3.8) is 0 Å². The van der Waals surface area contributed by atoms with Crippen LogP contribution >= 0.6 is 0 Å². The van der Waals surface area contributed by atoms with Crippen LogP contribution < -0.4 is 5.32 Å². The molecule has 0 unspecified atom stereocenters. The Balaban J connectivity index is 1.77. The van der Waals surface area contributed by atoms with E-state index in [1.807, 2.05) is 10.9 Å². The molecule has 0 spiro atoms. The van der Waals surface area contributed by atoms with Gasteiger partial charge in [-0.3, -0.25) is 4.68 Å². The van der Waals surface area contributed by atoms with Gasteiger partial charge in [-0.15, -0.1) is 0 Å². The molecule has 0 aromatic carbocycles. The highest BCUT2D eigenvalue weighted by atomic mass is 16.5. The molecular weight excluding hydrogens is 202 g/mol. The van der Waals surface area contributed by atoms with Crippen molar-refractivity contribution in [2.45, 2.75) is 44.7 Å². The number of aryl methyl sites for hydroxylation is 1. The smallest absolute Gasteiger partial charge is 0.148 e. The van der Waals surface area contributed by atoms with Crippen LogP contribution in [0, 0.1) is 0 Å². The summed E-state index contributed by atoms with van der Waals surface area (Å²) in [6.45, 7) is 1.73. The Hall–Kier alpha value is -1.03. The zero-order chi connectivity index (χ0) is 11.2. The zero-order valence-electron chi connectivity index (χ0n) is 9.98. The predicted molar refractivity (Wildman–Crippen MR) is 64.6 cm³/mol. The molecule has 0 bridgehead atoms. The van der Waals surface area contributed by atoms with Crippen LogP contribution in [0.3, 0.4) is 0 Å². The fraction of sp³-hybridized carbons (Fsp3) is 0.750. The van der Waals surface area contributed by atoms with Gasteiger partial charge in [0.15, 0.2) is 0 Å². The third kappa shape index (κ3) is 3.23. The van der Waals surface area contributed by atoms with Crippen LogP contribution in [0.1, 0.15) is 32.1 Å². The van der Waals surface area contributed by atoms with E-state index >= 15 is 0 Å². The van der Waals surface area contributed by atoms with Crippen molar-refractivity contribution in [2.75, 3.05) is 19.0 Å². The van der Waals surface area contributed by atoms with E-state index in [1.165, 1.54) is 25.7 Å². The van der Waals surface area contributed by atoms with Gasteiger partial charge in [-0.2, -0.15) is 5.10 Å². The third-order valence-electron chi connectivity index (χ3n) is 3.08. The molecule has 1 fully saturated rings. The maximum Gasteiger partial charge on any atom is 0.148 e. The summed E-state index contributed by atoms with van der Waals surface area (Å²) in [5.41, 5.74) is 0. The molecule has 1 aromatic rings. The minimum atomic E-state index is 0.641. The molecule has 4 nitrogen and oxygen atoms in total. The summed E-state index contributed by atoms with van der Waals surface area (Å²) < 4.78 is 7.00. The molecule has 1 aromatic heterocycles. The molecule has 16 heavy (non-hydrogen) atoms. The van der Waals surface area contributed by atoms with Crippen molar-refractivity contribution in [1.29, 1.82) is 0 Å². The van der Waals surface area contributed by atoms with Gasteiger partial charge in [-0.1, -0.05) is 12.8 Å². The van der Waals surface area contributed by atoms with Crippen molar-refractivity contribution in [3.8, 4) is 0 Å². The first-order chi connectivity index (χ1) is 7.88. The summed E-state index contributed by atoms with van der Waals surface area (Å²) in [7, 11) is 1.73. The largest absolute Gasteiger partial charge is 0.385 e. The molecule has 0 amide bonds. The molecule has 90 valence electrons. The van der Waals surface area contributed by atoms with Gasteiger partial charge in [0.1, 0.15) is 5.82 Å². The second kappa shape index (κ2) is 5.89. The van der Waals surface area contributed by atoms with Gasteiger partial charge < -0.3 is 10.1 Å². The van der Waals surface area contributed by atoms with E-state index in [9.17, 15) is 0 Å². The number of ether oxygens (including phenoxy) is 1. The van der Waals surface area contributed by atoms with Crippen LogP contribution in [0.4, 0.5) is 5.82 Å². The lowest BCUT2D eigenvalue weighted by Crippen LogP contribution is -2.15. The Kier molecular flexibility index (Phi) is 4.22. The maximum atomic E-state index is 5.02. The molecule has 1 saturated carbocycles. The number of nitrogens with one attached hydrogen (secondary N) is 1. The van der Waals surface area contributed by atoms with E-state index in [-0.39, 0.29) is 0 Å². The Morgan fingerprint density at radius 3 is 3.06 bits per heavy atom. The van der Waals surface area contributed by atoms with Gasteiger partial charge in [0, 0.05) is 38.6 Å². The first-order valence-corrected chi connectivity index (χ1v) is 6.17. The number of rotatable bonds is 6. The van der Waals surface area contributed by atoms with Gasteiger partial charge in [0.05, 0.1) is 0 Å². The topological polar surface area (TPSA) is 39.1 Å². The van der Waals surface area contributed by atoms with Crippen LogP contribution in [0.2, 0.25) is 0 Å². The minimum absolute atomic E-state index is 0.641. The second-order valence-electron chi connectivity index (χ2n) is 4.44. The normalized spacial score (nSPS) is 16.8. The number of anilines is 1. The molecule has 0 atom stereocenters. The second-order valence-corrected chi connectivity index (χ2v) is 4.44. The fourth-order valence-electron chi connectivity index (χ4n) is 2.21. The standard InChI is InChI=1S/C12H21N3O/c1-16-10-4-8-15-9-7-12(14-15)13-11-5-2-3-6-11/h7,9,11H,2-6,8,10H2,1H3,(H,13,14). The Bertz CT molecular complexity index is 305. The van der Waals surface area contributed by atoms with Gasteiger partial charge in [0.2, 0.25) is 0 Å². The summed E-state index contributed by atoms with van der Waals surface area (Å²) in [6.07, 6.45) is 8.33. The quantitative estimate of drug-likeness (QED) is 0.752. The van der Waals surface area contributed by atoms with Crippen molar-refractivity contribution >= 4 is 5.82 Å². The lowest BCUT2D eigenvalue weighted by atomic mass is 10.2. The highest BCUT2D eigenvalue weighted by Crippen LogP contribution is 2.21. The molecule has 2 rings (SSSR count). The van der Waals surface area contributed by atoms with Crippen LogP contribution in [0.15, 0.2) is 12.3 Å². The van der Waals surface area contributed by atoms with Crippen molar-refractivity contribution in [1.82, 2.24) is 9.78 Å². The molecule has 4 heteroatoms. The van der Waals surface area contributed by atoms with Crippen LogP contribution in [0.5, 0.6) is 0 Å². The summed E-state index contributed by atoms with van der Waals surface area (Å²) in [4.78, 5) is 0. The first kappa shape index (κ1) is 11.5. The molecule has 1 aliphatic carbocycles. The molecule has 1 N–H and O–H groups in total. The highest BCUT2D eigenvalue weighted by molar-refractivity contribution is 5.33. The molecule has 0 radical (unpaired) electrons. The van der Waals surface area contributed by atoms with Crippen molar-refractivity contribution in [3.05, 3.63) is 12.3 Å². The number of hydrogen-bond acceptors (Lipinski definition) is 3. The molecular formula is C12H21N3O. The van der Waals surface area contributed by atoms with Gasteiger partial charge in [-0.05, 0) is 19.3 Å². The minimum Gasteiger partial charge on any atom is -0.385 e. The van der Waals surface area contributed by atoms with Crippen LogP contribution in [-0.4, -0.2) is 29.5 Å². The Labute approximate surface area is 97.0 Å². The van der Waals surface area contributed by atoms with E-state index in [0.29, 0.717) is 6.04 Å². The molecule has 1 heterocycles. The molecule has 1 aliphatic rings.